The van der Waals surface area contributed by atoms with E-state index in [0.29, 0.717) is 0 Å². The molecule has 0 N–H and O–H groups in total. The van der Waals surface area contributed by atoms with Crippen LogP contribution in [0.1, 0.15) is 271 Å². The van der Waals surface area contributed by atoms with Crippen molar-refractivity contribution in [2.24, 2.45) is 0 Å². The van der Waals surface area contributed by atoms with Gasteiger partial charge in [-0.3, -0.25) is 0 Å². The van der Waals surface area contributed by atoms with Gasteiger partial charge in [0.2, 0.25) is 0 Å². The zero-order valence-electron chi connectivity index (χ0n) is 45.0. The molecule has 358 valence electrons. The maximum absolute atomic E-state index is 2.83. The molecule has 0 fully saturated rings. The van der Waals surface area contributed by atoms with E-state index in [1.807, 2.05) is 0 Å². The van der Waals surface area contributed by atoms with Crippen LogP contribution in [-0.2, 0) is 103 Å². The number of hydrogen-bond donors (Lipinski definition) is 0. The van der Waals surface area contributed by atoms with Gasteiger partial charge in [-0.05, 0) is 248 Å². The number of rotatable bonds is 24. The Hall–Kier alpha value is -3.38. The van der Waals surface area contributed by atoms with Gasteiger partial charge in [-0.15, -0.1) is 0 Å². The number of benzene rings is 5. The first-order valence-electron chi connectivity index (χ1n) is 28.7. The van der Waals surface area contributed by atoms with Crippen LogP contribution in [0, 0.1) is 0 Å². The SMILES string of the molecule is CCCc1c(CCC)c(CCC)c2c(c1CCC)Cc1c(c(CCC)c3cc4c(CCC)c5c(c(CCC)c4cc3c1CCC)Cc1c(CCC)c(CCC)c(CCC)c(CCC)c1C5)C2. The Balaban J connectivity index is 1.59. The first kappa shape index (κ1) is 50.5. The van der Waals surface area contributed by atoms with Crippen molar-refractivity contribution in [1.82, 2.24) is 0 Å². The van der Waals surface area contributed by atoms with Crippen molar-refractivity contribution in [2.75, 3.05) is 0 Å². The zero-order chi connectivity index (χ0) is 47.1. The fraction of sp³-hybridized carbons (Fsp3) is 0.606. The summed E-state index contributed by atoms with van der Waals surface area (Å²) in [6.45, 7) is 29.2. The fourth-order valence-electron chi connectivity index (χ4n) is 14.1. The second-order valence-corrected chi connectivity index (χ2v) is 21.2. The quantitative estimate of drug-likeness (QED) is 0.0531. The molecule has 0 atom stereocenters. The molecule has 66 heavy (non-hydrogen) atoms. The molecule has 7 rings (SSSR count). The molecule has 0 aromatic heterocycles. The summed E-state index contributed by atoms with van der Waals surface area (Å²) < 4.78 is 0. The van der Waals surface area contributed by atoms with Crippen molar-refractivity contribution in [1.29, 1.82) is 0 Å². The maximum Gasteiger partial charge on any atom is -0.00141 e. The molecule has 2 aliphatic rings. The van der Waals surface area contributed by atoms with Crippen molar-refractivity contribution in [3.8, 4) is 0 Å². The summed E-state index contributed by atoms with van der Waals surface area (Å²) in [7, 11) is 0. The standard InChI is InChI=1S/C66H94/c1-13-25-43-44(26-14-2)48(30-18-6)56-38-60-52(34-22-10)64-42-66-54(36-24-12)62-40-58-50(32-20-8)46(28-16-4)45(27-15-3)49(31-19-7)57(58)39-61(62)53(35-23-11)65(66)41-63(64)51(33-21-9)59(60)37-55(56)47(43)29-17-5/h41-42H,13-40H2,1-12H3. The minimum atomic E-state index is 1.14. The van der Waals surface area contributed by atoms with Gasteiger partial charge in [-0.25, -0.2) is 0 Å². The lowest BCUT2D eigenvalue weighted by atomic mass is 9.69. The Labute approximate surface area is 405 Å². The minimum absolute atomic E-state index is 1.14. The van der Waals surface area contributed by atoms with Gasteiger partial charge >= 0.3 is 0 Å². The van der Waals surface area contributed by atoms with Crippen LogP contribution in [0.2, 0.25) is 0 Å². The average Bonchev–Trinajstić information content (AvgIpc) is 3.31. The Morgan fingerprint density at radius 3 is 0.500 bits per heavy atom. The van der Waals surface area contributed by atoms with Gasteiger partial charge in [-0.2, -0.15) is 0 Å². The molecule has 0 bridgehead atoms. The highest BCUT2D eigenvalue weighted by Gasteiger charge is 2.33. The fourth-order valence-corrected chi connectivity index (χ4v) is 14.1. The van der Waals surface area contributed by atoms with Gasteiger partial charge in [-0.1, -0.05) is 160 Å². The molecule has 0 unspecified atom stereocenters. The van der Waals surface area contributed by atoms with Crippen LogP contribution in [0.5, 0.6) is 0 Å². The smallest absolute Gasteiger partial charge is 0.00141 e. The normalized spacial score (nSPS) is 13.2. The first-order valence-corrected chi connectivity index (χ1v) is 28.7. The van der Waals surface area contributed by atoms with E-state index in [0.717, 1.165) is 25.7 Å². The monoisotopic (exact) mass is 887 g/mol. The van der Waals surface area contributed by atoms with Crippen LogP contribution in [0.25, 0.3) is 21.5 Å². The molecule has 5 aromatic rings. The summed E-state index contributed by atoms with van der Waals surface area (Å²) in [6, 6.07) is 5.66. The Morgan fingerprint density at radius 2 is 0.333 bits per heavy atom. The molecule has 0 saturated carbocycles. The third-order valence-corrected chi connectivity index (χ3v) is 16.4. The largest absolute Gasteiger partial charge is 0.0651 e. The Kier molecular flexibility index (Phi) is 17.8. The highest BCUT2D eigenvalue weighted by molar-refractivity contribution is 6.06. The molecule has 0 nitrogen and oxygen atoms in total. The lowest BCUT2D eigenvalue weighted by Crippen LogP contribution is -2.22. The lowest BCUT2D eigenvalue weighted by molar-refractivity contribution is 0.767. The summed E-state index contributed by atoms with van der Waals surface area (Å²) in [5, 5.41) is 6.44. The van der Waals surface area contributed by atoms with Crippen molar-refractivity contribution in [3.63, 3.8) is 0 Å². The van der Waals surface area contributed by atoms with Gasteiger partial charge in [0.25, 0.3) is 0 Å². The average molecular weight is 887 g/mol. The second kappa shape index (κ2) is 23.3. The van der Waals surface area contributed by atoms with E-state index in [1.54, 1.807) is 133 Å². The highest BCUT2D eigenvalue weighted by Crippen LogP contribution is 2.48. The molecule has 5 aromatic carbocycles. The van der Waals surface area contributed by atoms with Crippen molar-refractivity contribution >= 4 is 21.5 Å². The van der Waals surface area contributed by atoms with E-state index in [-0.39, 0.29) is 0 Å². The van der Waals surface area contributed by atoms with Crippen LogP contribution in [0.4, 0.5) is 0 Å². The number of fused-ring (bicyclic) bond motifs is 6. The van der Waals surface area contributed by atoms with Crippen LogP contribution in [0.3, 0.4) is 0 Å². The maximum atomic E-state index is 2.83. The molecule has 2 aliphatic carbocycles. The van der Waals surface area contributed by atoms with Crippen molar-refractivity contribution < 1.29 is 0 Å². The summed E-state index contributed by atoms with van der Waals surface area (Å²) in [6.07, 6.45) is 33.8. The van der Waals surface area contributed by atoms with Crippen molar-refractivity contribution in [2.45, 2.75) is 263 Å². The Bertz CT molecular complexity index is 2160. The summed E-state index contributed by atoms with van der Waals surface area (Å²) >= 11 is 0. The molecule has 0 saturated heterocycles. The predicted octanol–water partition coefficient (Wildman–Crippen LogP) is 18.4. The third-order valence-electron chi connectivity index (χ3n) is 16.4. The van der Waals surface area contributed by atoms with Gasteiger partial charge < -0.3 is 0 Å². The lowest BCUT2D eigenvalue weighted by Gasteiger charge is -2.35. The second-order valence-electron chi connectivity index (χ2n) is 21.2. The van der Waals surface area contributed by atoms with Crippen molar-refractivity contribution in [3.05, 3.63) is 123 Å². The van der Waals surface area contributed by atoms with E-state index >= 15 is 0 Å². The molecule has 0 spiro atoms. The molecule has 0 amide bonds. The van der Waals surface area contributed by atoms with Crippen LogP contribution >= 0.6 is 0 Å². The number of aryl methyl sites for hydroxylation is 4. The Morgan fingerprint density at radius 1 is 0.197 bits per heavy atom. The van der Waals surface area contributed by atoms with E-state index in [1.165, 1.54) is 154 Å². The highest BCUT2D eigenvalue weighted by atomic mass is 14.4. The molecule has 0 radical (unpaired) electrons. The predicted molar refractivity (Wildman–Crippen MR) is 294 cm³/mol. The molecule has 0 heteroatoms. The molecular formula is C66H94. The molecule has 0 heterocycles. The van der Waals surface area contributed by atoms with E-state index < -0.39 is 0 Å². The minimum Gasteiger partial charge on any atom is -0.0651 e. The van der Waals surface area contributed by atoms with E-state index in [2.05, 4.69) is 95.2 Å². The third kappa shape index (κ3) is 9.25. The van der Waals surface area contributed by atoms with Crippen LogP contribution < -0.4 is 0 Å². The first-order chi connectivity index (χ1) is 32.3. The summed E-state index contributed by atoms with van der Waals surface area (Å²) in [4.78, 5) is 0. The van der Waals surface area contributed by atoms with Gasteiger partial charge in [0, 0.05) is 0 Å². The topological polar surface area (TPSA) is 0 Å². The van der Waals surface area contributed by atoms with E-state index in [4.69, 9.17) is 0 Å². The zero-order valence-corrected chi connectivity index (χ0v) is 45.0. The molecule has 0 aliphatic heterocycles. The molecular weight excluding hydrogens is 793 g/mol. The van der Waals surface area contributed by atoms with Gasteiger partial charge in [0.1, 0.15) is 0 Å². The van der Waals surface area contributed by atoms with Crippen LogP contribution in [-0.4, -0.2) is 0 Å². The van der Waals surface area contributed by atoms with E-state index in [9.17, 15) is 0 Å². The summed E-state index contributed by atoms with van der Waals surface area (Å²) in [5.74, 6) is 0. The van der Waals surface area contributed by atoms with Gasteiger partial charge in [0.15, 0.2) is 0 Å². The number of hydrogen-bond acceptors (Lipinski definition) is 0. The van der Waals surface area contributed by atoms with Gasteiger partial charge in [0.05, 0.1) is 0 Å². The van der Waals surface area contributed by atoms with Crippen LogP contribution in [0.15, 0.2) is 12.1 Å². The summed E-state index contributed by atoms with van der Waals surface area (Å²) in [5.41, 5.74) is 34.9.